The summed E-state index contributed by atoms with van der Waals surface area (Å²) in [5.41, 5.74) is 1.84. The molecule has 0 N–H and O–H groups in total. The standard InChI is InChI=1S/C17H17N3O3/c21-17(10-13-3-5-16(6-4-13)20(22)23)19(15-7-8-15)12-14-2-1-9-18-11-14/h1-6,9,11,15H,7-8,10,12H2. The van der Waals surface area contributed by atoms with Crippen LogP contribution < -0.4 is 0 Å². The fourth-order valence-corrected chi connectivity index (χ4v) is 2.51. The van der Waals surface area contributed by atoms with Crippen molar-refractivity contribution in [1.82, 2.24) is 9.88 Å². The molecule has 1 aromatic heterocycles. The minimum Gasteiger partial charge on any atom is -0.335 e. The second-order valence-electron chi connectivity index (χ2n) is 5.71. The average Bonchev–Trinajstić information content (AvgIpc) is 3.39. The van der Waals surface area contributed by atoms with Crippen molar-refractivity contribution in [1.29, 1.82) is 0 Å². The van der Waals surface area contributed by atoms with E-state index in [9.17, 15) is 14.9 Å². The van der Waals surface area contributed by atoms with Gasteiger partial charge in [-0.3, -0.25) is 19.9 Å². The van der Waals surface area contributed by atoms with Crippen LogP contribution in [0.4, 0.5) is 5.69 Å². The van der Waals surface area contributed by atoms with Gasteiger partial charge in [-0.05, 0) is 30.0 Å². The van der Waals surface area contributed by atoms with Crippen molar-refractivity contribution < 1.29 is 9.72 Å². The number of rotatable bonds is 6. The Labute approximate surface area is 133 Å². The summed E-state index contributed by atoms with van der Waals surface area (Å²) in [6.07, 6.45) is 5.81. The highest BCUT2D eigenvalue weighted by atomic mass is 16.6. The first-order valence-corrected chi connectivity index (χ1v) is 7.55. The van der Waals surface area contributed by atoms with Crippen molar-refractivity contribution >= 4 is 11.6 Å². The molecule has 1 fully saturated rings. The van der Waals surface area contributed by atoms with Crippen molar-refractivity contribution in [3.05, 3.63) is 70.0 Å². The van der Waals surface area contributed by atoms with Gasteiger partial charge in [0.1, 0.15) is 0 Å². The van der Waals surface area contributed by atoms with Crippen molar-refractivity contribution in [3.8, 4) is 0 Å². The summed E-state index contributed by atoms with van der Waals surface area (Å²) in [4.78, 5) is 28.8. The first-order chi connectivity index (χ1) is 11.1. The van der Waals surface area contributed by atoms with Crippen LogP contribution in [0.15, 0.2) is 48.8 Å². The minimum atomic E-state index is -0.440. The molecule has 23 heavy (non-hydrogen) atoms. The summed E-state index contributed by atoms with van der Waals surface area (Å²) in [5, 5.41) is 10.7. The Morgan fingerprint density at radius 3 is 2.52 bits per heavy atom. The van der Waals surface area contributed by atoms with E-state index in [1.807, 2.05) is 17.0 Å². The van der Waals surface area contributed by atoms with E-state index < -0.39 is 4.92 Å². The molecule has 6 nitrogen and oxygen atoms in total. The summed E-state index contributed by atoms with van der Waals surface area (Å²) < 4.78 is 0. The summed E-state index contributed by atoms with van der Waals surface area (Å²) in [6.45, 7) is 0.560. The number of benzene rings is 1. The third-order valence-electron chi connectivity index (χ3n) is 3.89. The maximum atomic E-state index is 12.6. The summed E-state index contributed by atoms with van der Waals surface area (Å²) in [6, 6.07) is 10.3. The molecule has 0 aliphatic heterocycles. The highest BCUT2D eigenvalue weighted by molar-refractivity contribution is 5.79. The van der Waals surface area contributed by atoms with Crippen LogP contribution in [0.2, 0.25) is 0 Å². The van der Waals surface area contributed by atoms with Gasteiger partial charge in [-0.15, -0.1) is 0 Å². The second-order valence-corrected chi connectivity index (χ2v) is 5.71. The van der Waals surface area contributed by atoms with Crippen LogP contribution in [-0.2, 0) is 17.8 Å². The Balaban J connectivity index is 1.68. The lowest BCUT2D eigenvalue weighted by atomic mass is 10.1. The summed E-state index contributed by atoms with van der Waals surface area (Å²) in [5.74, 6) is 0.0465. The molecule has 0 bridgehead atoms. The highest BCUT2D eigenvalue weighted by Crippen LogP contribution is 2.29. The van der Waals surface area contributed by atoms with Gasteiger partial charge in [-0.2, -0.15) is 0 Å². The highest BCUT2D eigenvalue weighted by Gasteiger charge is 2.32. The van der Waals surface area contributed by atoms with Gasteiger partial charge in [0.25, 0.3) is 5.69 Å². The van der Waals surface area contributed by atoms with Crippen molar-refractivity contribution in [2.75, 3.05) is 0 Å². The lowest BCUT2D eigenvalue weighted by Crippen LogP contribution is -2.33. The summed E-state index contributed by atoms with van der Waals surface area (Å²) in [7, 11) is 0. The van der Waals surface area contributed by atoms with Crippen molar-refractivity contribution in [2.45, 2.75) is 31.8 Å². The molecular weight excluding hydrogens is 294 g/mol. The fourth-order valence-electron chi connectivity index (χ4n) is 2.51. The van der Waals surface area contributed by atoms with Crippen LogP contribution in [0, 0.1) is 10.1 Å². The van der Waals surface area contributed by atoms with Gasteiger partial charge in [0.05, 0.1) is 11.3 Å². The van der Waals surface area contributed by atoms with Gasteiger partial charge in [0.15, 0.2) is 0 Å². The van der Waals surface area contributed by atoms with Crippen LogP contribution in [-0.4, -0.2) is 26.8 Å². The molecule has 0 spiro atoms. The maximum Gasteiger partial charge on any atom is 0.269 e. The molecule has 1 amide bonds. The number of non-ortho nitro benzene ring substituents is 1. The van der Waals surface area contributed by atoms with E-state index in [0.717, 1.165) is 24.0 Å². The van der Waals surface area contributed by atoms with Crippen LogP contribution in [0.25, 0.3) is 0 Å². The lowest BCUT2D eigenvalue weighted by Gasteiger charge is -2.22. The number of nitrogens with zero attached hydrogens (tertiary/aromatic N) is 3. The predicted octanol–water partition coefficient (Wildman–Crippen LogP) is 2.72. The quantitative estimate of drug-likeness (QED) is 0.607. The first kappa shape index (κ1) is 15.1. The molecule has 0 saturated heterocycles. The zero-order chi connectivity index (χ0) is 16.2. The molecule has 1 aliphatic rings. The molecule has 2 aromatic rings. The first-order valence-electron chi connectivity index (χ1n) is 7.55. The number of nitro groups is 1. The number of nitro benzene ring substituents is 1. The molecule has 118 valence electrons. The van der Waals surface area contributed by atoms with Crippen LogP contribution >= 0.6 is 0 Å². The monoisotopic (exact) mass is 311 g/mol. The molecule has 1 aliphatic carbocycles. The summed E-state index contributed by atoms with van der Waals surface area (Å²) >= 11 is 0. The minimum absolute atomic E-state index is 0.0376. The number of hydrogen-bond acceptors (Lipinski definition) is 4. The molecule has 0 unspecified atom stereocenters. The third kappa shape index (κ3) is 3.91. The van der Waals surface area contributed by atoms with Crippen LogP contribution in [0.5, 0.6) is 0 Å². The number of carbonyl (C=O) groups is 1. The van der Waals surface area contributed by atoms with Gasteiger partial charge < -0.3 is 4.90 Å². The Morgan fingerprint density at radius 1 is 1.22 bits per heavy atom. The van der Waals surface area contributed by atoms with E-state index in [-0.39, 0.29) is 18.0 Å². The van der Waals surface area contributed by atoms with Crippen molar-refractivity contribution in [2.24, 2.45) is 0 Å². The Hall–Kier alpha value is -2.76. The van der Waals surface area contributed by atoms with Gasteiger partial charge in [0, 0.05) is 37.1 Å². The number of pyridine rings is 1. The van der Waals surface area contributed by atoms with Gasteiger partial charge in [-0.1, -0.05) is 18.2 Å². The largest absolute Gasteiger partial charge is 0.335 e. The van der Waals surface area contributed by atoms with E-state index in [4.69, 9.17) is 0 Å². The molecule has 3 rings (SSSR count). The average molecular weight is 311 g/mol. The van der Waals surface area contributed by atoms with E-state index in [1.165, 1.54) is 12.1 Å². The van der Waals surface area contributed by atoms with Gasteiger partial charge in [0.2, 0.25) is 5.91 Å². The smallest absolute Gasteiger partial charge is 0.269 e. The topological polar surface area (TPSA) is 76.3 Å². The SMILES string of the molecule is O=C(Cc1ccc([N+](=O)[O-])cc1)N(Cc1cccnc1)C1CC1. The number of aromatic nitrogens is 1. The molecule has 1 heterocycles. The van der Waals surface area contributed by atoms with Crippen LogP contribution in [0.3, 0.4) is 0 Å². The number of amides is 1. The molecular formula is C17H17N3O3. The molecule has 0 radical (unpaired) electrons. The molecule has 1 aromatic carbocycles. The van der Waals surface area contributed by atoms with E-state index in [1.54, 1.807) is 24.5 Å². The zero-order valence-corrected chi connectivity index (χ0v) is 12.6. The fraction of sp³-hybridized carbons (Fsp3) is 0.294. The Bertz CT molecular complexity index is 697. The van der Waals surface area contributed by atoms with Crippen LogP contribution in [0.1, 0.15) is 24.0 Å². The van der Waals surface area contributed by atoms with E-state index >= 15 is 0 Å². The normalized spacial score (nSPS) is 13.6. The zero-order valence-electron chi connectivity index (χ0n) is 12.6. The third-order valence-corrected chi connectivity index (χ3v) is 3.89. The molecule has 6 heteroatoms. The molecule has 1 saturated carbocycles. The number of hydrogen-bond donors (Lipinski definition) is 0. The van der Waals surface area contributed by atoms with E-state index in [2.05, 4.69) is 4.98 Å². The molecule has 0 atom stereocenters. The van der Waals surface area contributed by atoms with Gasteiger partial charge >= 0.3 is 0 Å². The predicted molar refractivity (Wildman–Crippen MR) is 84.6 cm³/mol. The second kappa shape index (κ2) is 6.56. The maximum absolute atomic E-state index is 12.6. The Morgan fingerprint density at radius 2 is 1.96 bits per heavy atom. The lowest BCUT2D eigenvalue weighted by molar-refractivity contribution is -0.384. The Kier molecular flexibility index (Phi) is 4.32. The van der Waals surface area contributed by atoms with Crippen molar-refractivity contribution in [3.63, 3.8) is 0 Å². The van der Waals surface area contributed by atoms with E-state index in [0.29, 0.717) is 12.6 Å². The number of carbonyl (C=O) groups excluding carboxylic acids is 1. The van der Waals surface area contributed by atoms with Gasteiger partial charge in [-0.25, -0.2) is 0 Å².